The number of rotatable bonds is 1. The van der Waals surface area contributed by atoms with Gasteiger partial charge in [-0.15, -0.1) is 0 Å². The first-order chi connectivity index (χ1) is 6.80. The van der Waals surface area contributed by atoms with Crippen LogP contribution >= 0.6 is 0 Å². The molecule has 4 heteroatoms. The van der Waals surface area contributed by atoms with Crippen molar-refractivity contribution in [3.63, 3.8) is 0 Å². The Kier molecular flexibility index (Phi) is 1.69. The molecule has 1 aromatic rings. The fraction of sp³-hybridized carbons (Fsp3) is 0.700. The van der Waals surface area contributed by atoms with Crippen molar-refractivity contribution in [3.8, 4) is 0 Å². The van der Waals surface area contributed by atoms with Gasteiger partial charge in [0.25, 0.3) is 0 Å². The van der Waals surface area contributed by atoms with E-state index >= 15 is 0 Å². The molecule has 3 rings (SSSR count). The molecule has 14 heavy (non-hydrogen) atoms. The maximum absolute atomic E-state index is 5.49. The molecule has 4 nitrogen and oxygen atoms in total. The van der Waals surface area contributed by atoms with Gasteiger partial charge in [-0.3, -0.25) is 4.68 Å². The van der Waals surface area contributed by atoms with Crippen LogP contribution in [0.25, 0.3) is 0 Å². The summed E-state index contributed by atoms with van der Waals surface area (Å²) < 4.78 is 7.35. The van der Waals surface area contributed by atoms with Crippen molar-refractivity contribution in [2.75, 3.05) is 19.8 Å². The lowest BCUT2D eigenvalue weighted by Gasteiger charge is -2.46. The molecule has 2 fully saturated rings. The van der Waals surface area contributed by atoms with Crippen LogP contribution in [0.3, 0.4) is 0 Å². The number of nitrogens with one attached hydrogen (secondary N) is 1. The van der Waals surface area contributed by atoms with Crippen molar-refractivity contribution < 1.29 is 4.74 Å². The van der Waals surface area contributed by atoms with E-state index in [1.807, 2.05) is 17.9 Å². The molecule has 0 aliphatic carbocycles. The highest BCUT2D eigenvalue weighted by atomic mass is 16.5. The van der Waals surface area contributed by atoms with E-state index in [1.54, 1.807) is 0 Å². The Labute approximate surface area is 83.2 Å². The minimum Gasteiger partial charge on any atom is -0.381 e. The van der Waals surface area contributed by atoms with Crippen LogP contribution in [0.4, 0.5) is 0 Å². The summed E-state index contributed by atoms with van der Waals surface area (Å²) in [5.41, 5.74) is 1.66. The van der Waals surface area contributed by atoms with Crippen LogP contribution in [0.2, 0.25) is 0 Å². The Morgan fingerprint density at radius 1 is 1.71 bits per heavy atom. The third-order valence-corrected chi connectivity index (χ3v) is 3.46. The average Bonchev–Trinajstić information content (AvgIpc) is 2.73. The smallest absolute Gasteiger partial charge is 0.0553 e. The minimum absolute atomic E-state index is 0.364. The molecule has 0 saturated carbocycles. The standard InChI is InChI=1S/C10H15N3O/c1-13-5-8(4-12-13)9-10(6-11-9)2-3-14-7-10/h4-5,9,11H,2-3,6-7H2,1H3/t9-,10-/m0/s1. The van der Waals surface area contributed by atoms with E-state index in [0.29, 0.717) is 11.5 Å². The van der Waals surface area contributed by atoms with Gasteiger partial charge in [0, 0.05) is 43.4 Å². The largest absolute Gasteiger partial charge is 0.381 e. The first kappa shape index (κ1) is 8.44. The molecule has 3 heterocycles. The quantitative estimate of drug-likeness (QED) is 0.704. The number of hydrogen-bond donors (Lipinski definition) is 1. The molecule has 0 radical (unpaired) electrons. The highest BCUT2D eigenvalue weighted by molar-refractivity contribution is 5.21. The van der Waals surface area contributed by atoms with Crippen molar-refractivity contribution in [1.82, 2.24) is 15.1 Å². The number of aromatic nitrogens is 2. The van der Waals surface area contributed by atoms with E-state index in [9.17, 15) is 0 Å². The number of ether oxygens (including phenoxy) is 1. The van der Waals surface area contributed by atoms with E-state index in [2.05, 4.69) is 16.6 Å². The SMILES string of the molecule is Cn1cc([C@@H]2NC[C@]23CCOC3)cn1. The molecule has 76 valence electrons. The molecule has 1 spiro atoms. The van der Waals surface area contributed by atoms with Gasteiger partial charge in [-0.05, 0) is 6.42 Å². The van der Waals surface area contributed by atoms with Crippen molar-refractivity contribution in [2.24, 2.45) is 12.5 Å². The summed E-state index contributed by atoms with van der Waals surface area (Å²) in [6, 6.07) is 0.457. The van der Waals surface area contributed by atoms with Gasteiger partial charge in [-0.1, -0.05) is 0 Å². The second-order valence-corrected chi connectivity index (χ2v) is 4.43. The zero-order valence-corrected chi connectivity index (χ0v) is 8.36. The van der Waals surface area contributed by atoms with Crippen LogP contribution in [0, 0.1) is 5.41 Å². The van der Waals surface area contributed by atoms with E-state index in [-0.39, 0.29) is 0 Å². The molecule has 1 aromatic heterocycles. The number of aryl methyl sites for hydroxylation is 1. The highest BCUT2D eigenvalue weighted by Gasteiger charge is 2.50. The maximum atomic E-state index is 5.49. The predicted octanol–water partition coefficient (Wildman–Crippen LogP) is 0.471. The van der Waals surface area contributed by atoms with Crippen LogP contribution in [0.5, 0.6) is 0 Å². The second-order valence-electron chi connectivity index (χ2n) is 4.43. The third kappa shape index (κ3) is 1.04. The Balaban J connectivity index is 1.86. The van der Waals surface area contributed by atoms with E-state index in [4.69, 9.17) is 4.74 Å². The predicted molar refractivity (Wildman–Crippen MR) is 51.8 cm³/mol. The minimum atomic E-state index is 0.364. The number of nitrogens with zero attached hydrogens (tertiary/aromatic N) is 2. The third-order valence-electron chi connectivity index (χ3n) is 3.46. The molecule has 0 amide bonds. The maximum Gasteiger partial charge on any atom is 0.0553 e. The molecule has 2 aliphatic heterocycles. The van der Waals surface area contributed by atoms with Crippen LogP contribution in [-0.2, 0) is 11.8 Å². The van der Waals surface area contributed by atoms with Crippen LogP contribution < -0.4 is 5.32 Å². The summed E-state index contributed by atoms with van der Waals surface area (Å²) >= 11 is 0. The highest BCUT2D eigenvalue weighted by Crippen LogP contribution is 2.46. The van der Waals surface area contributed by atoms with Crippen LogP contribution in [-0.4, -0.2) is 29.5 Å². The summed E-state index contributed by atoms with van der Waals surface area (Å²) in [4.78, 5) is 0. The van der Waals surface area contributed by atoms with Gasteiger partial charge >= 0.3 is 0 Å². The van der Waals surface area contributed by atoms with E-state index in [0.717, 1.165) is 19.8 Å². The van der Waals surface area contributed by atoms with Gasteiger partial charge < -0.3 is 10.1 Å². The van der Waals surface area contributed by atoms with Crippen molar-refractivity contribution in [1.29, 1.82) is 0 Å². The lowest BCUT2D eigenvalue weighted by molar-refractivity contribution is 0.0577. The first-order valence-electron chi connectivity index (χ1n) is 5.10. The van der Waals surface area contributed by atoms with Gasteiger partial charge in [0.05, 0.1) is 12.8 Å². The van der Waals surface area contributed by atoms with Crippen LogP contribution in [0.1, 0.15) is 18.0 Å². The zero-order chi connectivity index (χ0) is 9.60. The Hall–Kier alpha value is -0.870. The van der Waals surface area contributed by atoms with Crippen molar-refractivity contribution >= 4 is 0 Å². The lowest BCUT2D eigenvalue weighted by atomic mass is 9.71. The fourth-order valence-corrected chi connectivity index (χ4v) is 2.54. The average molecular weight is 193 g/mol. The normalized spacial score (nSPS) is 36.2. The molecule has 2 aliphatic rings. The molecule has 0 aromatic carbocycles. The summed E-state index contributed by atoms with van der Waals surface area (Å²) in [6.07, 6.45) is 5.23. The summed E-state index contributed by atoms with van der Waals surface area (Å²) in [7, 11) is 1.96. The molecule has 0 bridgehead atoms. The van der Waals surface area contributed by atoms with Crippen molar-refractivity contribution in [3.05, 3.63) is 18.0 Å². The Morgan fingerprint density at radius 2 is 2.64 bits per heavy atom. The molecular weight excluding hydrogens is 178 g/mol. The fourth-order valence-electron chi connectivity index (χ4n) is 2.54. The topological polar surface area (TPSA) is 39.1 Å². The molecule has 2 atom stereocenters. The lowest BCUT2D eigenvalue weighted by Crippen LogP contribution is -2.56. The Bertz CT molecular complexity index is 341. The van der Waals surface area contributed by atoms with Gasteiger partial charge in [-0.2, -0.15) is 5.10 Å². The number of hydrogen-bond acceptors (Lipinski definition) is 3. The molecule has 2 saturated heterocycles. The van der Waals surface area contributed by atoms with E-state index in [1.165, 1.54) is 12.0 Å². The summed E-state index contributed by atoms with van der Waals surface area (Å²) in [6.45, 7) is 2.91. The second kappa shape index (κ2) is 2.81. The van der Waals surface area contributed by atoms with Gasteiger partial charge in [-0.25, -0.2) is 0 Å². The Morgan fingerprint density at radius 3 is 3.14 bits per heavy atom. The zero-order valence-electron chi connectivity index (χ0n) is 8.36. The van der Waals surface area contributed by atoms with Crippen LogP contribution in [0.15, 0.2) is 12.4 Å². The van der Waals surface area contributed by atoms with Crippen molar-refractivity contribution in [2.45, 2.75) is 12.5 Å². The van der Waals surface area contributed by atoms with Gasteiger partial charge in [0.1, 0.15) is 0 Å². The monoisotopic (exact) mass is 193 g/mol. The molecule has 1 N–H and O–H groups in total. The molecule has 0 unspecified atom stereocenters. The molecular formula is C10H15N3O. The summed E-state index contributed by atoms with van der Waals surface area (Å²) in [5.74, 6) is 0. The first-order valence-corrected chi connectivity index (χ1v) is 5.10. The van der Waals surface area contributed by atoms with E-state index < -0.39 is 0 Å². The van der Waals surface area contributed by atoms with Gasteiger partial charge in [0.2, 0.25) is 0 Å². The van der Waals surface area contributed by atoms with Gasteiger partial charge in [0.15, 0.2) is 0 Å². The summed E-state index contributed by atoms with van der Waals surface area (Å²) in [5, 5.41) is 7.68.